The fourth-order valence-electron chi connectivity index (χ4n) is 1.99. The van der Waals surface area contributed by atoms with Crippen LogP contribution in [0, 0.1) is 0 Å². The minimum absolute atomic E-state index is 0.218. The van der Waals surface area contributed by atoms with Crippen LogP contribution in [0.15, 0.2) is 59.5 Å². The van der Waals surface area contributed by atoms with Crippen LogP contribution >= 0.6 is 11.8 Å². The summed E-state index contributed by atoms with van der Waals surface area (Å²) >= 11 is 1.88. The van der Waals surface area contributed by atoms with E-state index in [0.717, 1.165) is 24.6 Å². The molecule has 0 bridgehead atoms. The fourth-order valence-corrected chi connectivity index (χ4v) is 2.82. The van der Waals surface area contributed by atoms with E-state index in [-0.39, 0.29) is 6.10 Å². The van der Waals surface area contributed by atoms with Gasteiger partial charge in [0, 0.05) is 23.7 Å². The Hall–Kier alpha value is -1.45. The van der Waals surface area contributed by atoms with Gasteiger partial charge in [-0.3, -0.25) is 0 Å². The summed E-state index contributed by atoms with van der Waals surface area (Å²) in [7, 11) is 0. The molecule has 0 radical (unpaired) electrons. The zero-order chi connectivity index (χ0) is 14.9. The van der Waals surface area contributed by atoms with Crippen molar-refractivity contribution in [2.45, 2.75) is 31.4 Å². The first-order valence-corrected chi connectivity index (χ1v) is 8.37. The Morgan fingerprint density at radius 1 is 1.05 bits per heavy atom. The first-order valence-electron chi connectivity index (χ1n) is 7.38. The van der Waals surface area contributed by atoms with Gasteiger partial charge in [-0.2, -0.15) is 0 Å². The monoisotopic (exact) mass is 301 g/mol. The van der Waals surface area contributed by atoms with Gasteiger partial charge in [-0.25, -0.2) is 0 Å². The molecule has 0 saturated carbocycles. The van der Waals surface area contributed by atoms with Gasteiger partial charge in [-0.15, -0.1) is 11.8 Å². The normalized spacial score (nSPS) is 10.8. The van der Waals surface area contributed by atoms with Crippen LogP contribution in [-0.4, -0.2) is 18.4 Å². The van der Waals surface area contributed by atoms with Crippen molar-refractivity contribution in [3.63, 3.8) is 0 Å². The van der Waals surface area contributed by atoms with Crippen LogP contribution in [0.2, 0.25) is 0 Å². The third kappa shape index (κ3) is 6.23. The number of nitrogens with one attached hydrogen (secondary N) is 1. The summed E-state index contributed by atoms with van der Waals surface area (Å²) in [5, 5.41) is 3.48. The van der Waals surface area contributed by atoms with Crippen molar-refractivity contribution < 1.29 is 4.74 Å². The van der Waals surface area contributed by atoms with Crippen molar-refractivity contribution in [1.82, 2.24) is 5.32 Å². The van der Waals surface area contributed by atoms with Crippen molar-refractivity contribution >= 4 is 11.8 Å². The molecule has 0 saturated heterocycles. The molecule has 0 aromatic heterocycles. The van der Waals surface area contributed by atoms with Crippen LogP contribution < -0.4 is 10.1 Å². The van der Waals surface area contributed by atoms with E-state index in [1.54, 1.807) is 0 Å². The maximum atomic E-state index is 5.71. The fraction of sp³-hybridized carbons (Fsp3) is 0.333. The largest absolute Gasteiger partial charge is 0.491 e. The molecule has 112 valence electrons. The lowest BCUT2D eigenvalue weighted by atomic mass is 10.2. The smallest absolute Gasteiger partial charge is 0.120 e. The molecular weight excluding hydrogens is 278 g/mol. The third-order valence-electron chi connectivity index (χ3n) is 2.89. The Morgan fingerprint density at radius 2 is 1.86 bits per heavy atom. The molecule has 2 nitrogen and oxygen atoms in total. The van der Waals surface area contributed by atoms with E-state index in [0.29, 0.717) is 0 Å². The second kappa shape index (κ2) is 8.75. The minimum Gasteiger partial charge on any atom is -0.491 e. The highest BCUT2D eigenvalue weighted by molar-refractivity contribution is 7.99. The lowest BCUT2D eigenvalue weighted by Crippen LogP contribution is -2.16. The second-order valence-corrected chi connectivity index (χ2v) is 6.32. The molecule has 2 aromatic rings. The SMILES string of the molecule is CC(C)Oc1cccc(CNCCSc2ccccc2)c1. The van der Waals surface area contributed by atoms with E-state index in [9.17, 15) is 0 Å². The highest BCUT2D eigenvalue weighted by Gasteiger charge is 1.99. The van der Waals surface area contributed by atoms with Gasteiger partial charge in [0.15, 0.2) is 0 Å². The van der Waals surface area contributed by atoms with Crippen molar-refractivity contribution in [2.75, 3.05) is 12.3 Å². The van der Waals surface area contributed by atoms with Gasteiger partial charge >= 0.3 is 0 Å². The van der Waals surface area contributed by atoms with Crippen molar-refractivity contribution in [1.29, 1.82) is 0 Å². The predicted octanol–water partition coefficient (Wildman–Crippen LogP) is 4.36. The van der Waals surface area contributed by atoms with Gasteiger partial charge in [-0.05, 0) is 43.7 Å². The molecule has 0 fully saturated rings. The van der Waals surface area contributed by atoms with Crippen LogP contribution in [0.4, 0.5) is 0 Å². The molecule has 21 heavy (non-hydrogen) atoms. The zero-order valence-corrected chi connectivity index (χ0v) is 13.5. The summed E-state index contributed by atoms with van der Waals surface area (Å²) in [5.41, 5.74) is 1.26. The maximum Gasteiger partial charge on any atom is 0.120 e. The summed E-state index contributed by atoms with van der Waals surface area (Å²) in [6.45, 7) is 5.97. The van der Waals surface area contributed by atoms with Crippen LogP contribution in [0.5, 0.6) is 5.75 Å². The van der Waals surface area contributed by atoms with Gasteiger partial charge in [0.1, 0.15) is 5.75 Å². The van der Waals surface area contributed by atoms with Crippen LogP contribution in [0.3, 0.4) is 0 Å². The lowest BCUT2D eigenvalue weighted by molar-refractivity contribution is 0.242. The molecule has 2 rings (SSSR count). The molecule has 0 atom stereocenters. The average molecular weight is 301 g/mol. The molecule has 0 heterocycles. The molecule has 0 aliphatic heterocycles. The van der Waals surface area contributed by atoms with Crippen molar-refractivity contribution in [2.24, 2.45) is 0 Å². The topological polar surface area (TPSA) is 21.3 Å². The number of thioether (sulfide) groups is 1. The number of rotatable bonds is 8. The van der Waals surface area contributed by atoms with Crippen molar-refractivity contribution in [3.05, 3.63) is 60.2 Å². The number of hydrogen-bond acceptors (Lipinski definition) is 3. The lowest BCUT2D eigenvalue weighted by Gasteiger charge is -2.11. The maximum absolute atomic E-state index is 5.71. The summed E-state index contributed by atoms with van der Waals surface area (Å²) in [6, 6.07) is 18.8. The Kier molecular flexibility index (Phi) is 6.64. The van der Waals surface area contributed by atoms with E-state index in [4.69, 9.17) is 4.74 Å². The van der Waals surface area contributed by atoms with Crippen LogP contribution in [0.25, 0.3) is 0 Å². The van der Waals surface area contributed by atoms with E-state index in [2.05, 4.69) is 47.8 Å². The van der Waals surface area contributed by atoms with Crippen LogP contribution in [-0.2, 0) is 6.54 Å². The number of ether oxygens (including phenoxy) is 1. The van der Waals surface area contributed by atoms with Gasteiger partial charge in [0.05, 0.1) is 6.10 Å². The molecule has 0 amide bonds. The van der Waals surface area contributed by atoms with E-state index < -0.39 is 0 Å². The summed E-state index contributed by atoms with van der Waals surface area (Å²) in [5.74, 6) is 2.02. The van der Waals surface area contributed by atoms with E-state index >= 15 is 0 Å². The molecule has 3 heteroatoms. The quantitative estimate of drug-likeness (QED) is 0.578. The standard InChI is InChI=1S/C18H23NOS/c1-15(2)20-17-8-6-7-16(13-17)14-19-11-12-21-18-9-4-3-5-10-18/h3-10,13,15,19H,11-12,14H2,1-2H3. The van der Waals surface area contributed by atoms with Gasteiger partial charge < -0.3 is 10.1 Å². The molecule has 0 unspecified atom stereocenters. The summed E-state index contributed by atoms with van der Waals surface area (Å²) in [4.78, 5) is 1.33. The molecule has 0 aliphatic rings. The van der Waals surface area contributed by atoms with Crippen molar-refractivity contribution in [3.8, 4) is 5.75 Å². The summed E-state index contributed by atoms with van der Waals surface area (Å²) in [6.07, 6.45) is 0.218. The molecule has 2 aromatic carbocycles. The Bertz CT molecular complexity index is 528. The van der Waals surface area contributed by atoms with Gasteiger partial charge in [0.2, 0.25) is 0 Å². The number of hydrogen-bond donors (Lipinski definition) is 1. The first kappa shape index (κ1) is 15.9. The minimum atomic E-state index is 0.218. The molecular formula is C18H23NOS. The van der Waals surface area contributed by atoms with Gasteiger partial charge in [0.25, 0.3) is 0 Å². The molecule has 1 N–H and O–H groups in total. The van der Waals surface area contributed by atoms with Crippen LogP contribution in [0.1, 0.15) is 19.4 Å². The zero-order valence-electron chi connectivity index (χ0n) is 12.7. The Labute approximate surface area is 131 Å². The van der Waals surface area contributed by atoms with Gasteiger partial charge in [-0.1, -0.05) is 30.3 Å². The van der Waals surface area contributed by atoms with E-state index in [1.165, 1.54) is 10.5 Å². The Balaban J connectivity index is 1.69. The Morgan fingerprint density at radius 3 is 2.62 bits per heavy atom. The van der Waals surface area contributed by atoms with E-state index in [1.807, 2.05) is 37.7 Å². The summed E-state index contributed by atoms with van der Waals surface area (Å²) < 4.78 is 5.71. The predicted molar refractivity (Wildman–Crippen MR) is 91.1 cm³/mol. The molecule has 0 spiro atoms. The highest BCUT2D eigenvalue weighted by atomic mass is 32.2. The molecule has 0 aliphatic carbocycles. The first-order chi connectivity index (χ1) is 10.2. The number of benzene rings is 2. The third-order valence-corrected chi connectivity index (χ3v) is 3.90. The average Bonchev–Trinajstić information content (AvgIpc) is 2.48. The second-order valence-electron chi connectivity index (χ2n) is 5.15. The highest BCUT2D eigenvalue weighted by Crippen LogP contribution is 2.16.